The predicted molar refractivity (Wildman–Crippen MR) is 98.0 cm³/mol. The number of piperazine rings is 1. The Labute approximate surface area is 142 Å². The lowest BCUT2D eigenvalue weighted by Gasteiger charge is -2.33. The first-order chi connectivity index (χ1) is 11.1. The minimum Gasteiger partial charge on any atom is -0.354 e. The van der Waals surface area contributed by atoms with Gasteiger partial charge in [-0.25, -0.2) is 9.97 Å². The zero-order valence-electron chi connectivity index (χ0n) is 13.9. The van der Waals surface area contributed by atoms with E-state index in [4.69, 9.17) is 0 Å². The van der Waals surface area contributed by atoms with Crippen LogP contribution in [-0.2, 0) is 0 Å². The molecule has 0 atom stereocenters. The van der Waals surface area contributed by atoms with E-state index < -0.39 is 0 Å². The van der Waals surface area contributed by atoms with Gasteiger partial charge >= 0.3 is 0 Å². The fraction of sp³-hybridized carbons (Fsp3) is 0.412. The maximum absolute atomic E-state index is 4.68. The van der Waals surface area contributed by atoms with Crippen LogP contribution in [-0.4, -0.2) is 54.4 Å². The minimum atomic E-state index is 0.802. The van der Waals surface area contributed by atoms with Gasteiger partial charge in [0.25, 0.3) is 0 Å². The lowest BCUT2D eigenvalue weighted by atomic mass is 10.2. The molecular formula is C17H23N5S. The van der Waals surface area contributed by atoms with Gasteiger partial charge in [0.15, 0.2) is 5.16 Å². The number of hydrogen-bond acceptors (Lipinski definition) is 6. The molecule has 2 heterocycles. The average Bonchev–Trinajstić information content (AvgIpc) is 2.57. The molecule has 1 aliphatic rings. The highest BCUT2D eigenvalue weighted by Gasteiger charge is 2.17. The van der Waals surface area contributed by atoms with Crippen molar-refractivity contribution in [2.24, 2.45) is 0 Å². The molecule has 2 aromatic rings. The van der Waals surface area contributed by atoms with Crippen molar-refractivity contribution in [3.8, 4) is 0 Å². The monoisotopic (exact) mass is 329 g/mol. The third-order valence-corrected chi connectivity index (χ3v) is 4.57. The molecule has 0 unspecified atom stereocenters. The Hall–Kier alpha value is -1.79. The molecule has 0 aliphatic carbocycles. The summed E-state index contributed by atoms with van der Waals surface area (Å²) in [6.45, 7) is 6.24. The molecule has 0 radical (unpaired) electrons. The van der Waals surface area contributed by atoms with Gasteiger partial charge in [-0.15, -0.1) is 0 Å². The number of likely N-dealkylation sites (N-methyl/N-ethyl adjacent to an activating group) is 1. The molecule has 1 aromatic heterocycles. The Balaban J connectivity index is 1.82. The second kappa shape index (κ2) is 7.19. The molecule has 0 saturated carbocycles. The number of hydrogen-bond donors (Lipinski definition) is 1. The van der Waals surface area contributed by atoms with Crippen LogP contribution in [0.3, 0.4) is 0 Å². The second-order valence-corrected chi connectivity index (χ2v) is 6.65. The lowest BCUT2D eigenvalue weighted by molar-refractivity contribution is 0.312. The number of aryl methyl sites for hydroxylation is 1. The molecule has 1 saturated heterocycles. The van der Waals surface area contributed by atoms with Gasteiger partial charge in [-0.2, -0.15) is 0 Å². The van der Waals surface area contributed by atoms with Crippen LogP contribution in [0.15, 0.2) is 35.5 Å². The molecule has 0 spiro atoms. The van der Waals surface area contributed by atoms with Crippen molar-refractivity contribution in [2.45, 2.75) is 12.1 Å². The molecule has 5 nitrogen and oxygen atoms in total. The average molecular weight is 329 g/mol. The van der Waals surface area contributed by atoms with Gasteiger partial charge < -0.3 is 15.1 Å². The third-order valence-electron chi connectivity index (χ3n) is 4.03. The fourth-order valence-electron chi connectivity index (χ4n) is 2.55. The van der Waals surface area contributed by atoms with E-state index in [1.165, 1.54) is 5.56 Å². The quantitative estimate of drug-likeness (QED) is 0.687. The maximum Gasteiger partial charge on any atom is 0.191 e. The fourth-order valence-corrected chi connectivity index (χ4v) is 2.92. The number of rotatable bonds is 4. The maximum atomic E-state index is 4.68. The van der Waals surface area contributed by atoms with Gasteiger partial charge in [-0.05, 0) is 32.4 Å². The number of thioether (sulfide) groups is 1. The van der Waals surface area contributed by atoms with Gasteiger partial charge in [0.1, 0.15) is 11.6 Å². The van der Waals surface area contributed by atoms with Gasteiger partial charge in [0.2, 0.25) is 0 Å². The van der Waals surface area contributed by atoms with Crippen LogP contribution in [0.1, 0.15) is 5.56 Å². The number of anilines is 3. The zero-order valence-corrected chi connectivity index (χ0v) is 14.7. The standard InChI is InChI=1S/C17H23N5S/c1-13-4-6-14(7-5-13)18-15-12-16(20-17(19-15)23-3)22-10-8-21(2)9-11-22/h4-7,12H,8-11H2,1-3H3,(H,18,19,20). The summed E-state index contributed by atoms with van der Waals surface area (Å²) in [4.78, 5) is 13.9. The Morgan fingerprint density at radius 3 is 2.39 bits per heavy atom. The van der Waals surface area contributed by atoms with Crippen LogP contribution < -0.4 is 10.2 Å². The Morgan fingerprint density at radius 2 is 1.74 bits per heavy atom. The Kier molecular flexibility index (Phi) is 5.03. The smallest absolute Gasteiger partial charge is 0.191 e. The summed E-state index contributed by atoms with van der Waals surface area (Å²) in [5.41, 5.74) is 2.30. The van der Waals surface area contributed by atoms with E-state index in [1.54, 1.807) is 11.8 Å². The van der Waals surface area contributed by atoms with E-state index in [0.29, 0.717) is 0 Å². The molecule has 1 N–H and O–H groups in total. The van der Waals surface area contributed by atoms with Crippen molar-refractivity contribution in [2.75, 3.05) is 49.7 Å². The molecular weight excluding hydrogens is 306 g/mol. The van der Waals surface area contributed by atoms with Crippen molar-refractivity contribution < 1.29 is 0 Å². The summed E-state index contributed by atoms with van der Waals surface area (Å²) in [7, 11) is 2.16. The summed E-state index contributed by atoms with van der Waals surface area (Å²) < 4.78 is 0. The largest absolute Gasteiger partial charge is 0.354 e. The lowest BCUT2D eigenvalue weighted by Crippen LogP contribution is -2.44. The van der Waals surface area contributed by atoms with Crippen LogP contribution in [0.5, 0.6) is 0 Å². The van der Waals surface area contributed by atoms with Crippen LogP contribution >= 0.6 is 11.8 Å². The zero-order chi connectivity index (χ0) is 16.2. The first-order valence-electron chi connectivity index (χ1n) is 7.84. The molecule has 6 heteroatoms. The molecule has 0 bridgehead atoms. The van der Waals surface area contributed by atoms with Crippen LogP contribution in [0.25, 0.3) is 0 Å². The van der Waals surface area contributed by atoms with Gasteiger partial charge in [-0.1, -0.05) is 29.5 Å². The van der Waals surface area contributed by atoms with Crippen LogP contribution in [0.2, 0.25) is 0 Å². The molecule has 3 rings (SSSR count). The highest BCUT2D eigenvalue weighted by molar-refractivity contribution is 7.98. The molecule has 1 aromatic carbocycles. The number of nitrogens with zero attached hydrogens (tertiary/aromatic N) is 4. The SMILES string of the molecule is CSc1nc(Nc2ccc(C)cc2)cc(N2CCN(C)CC2)n1. The normalized spacial score (nSPS) is 15.7. The van der Waals surface area contributed by atoms with Crippen molar-refractivity contribution in [1.29, 1.82) is 0 Å². The van der Waals surface area contributed by atoms with Crippen molar-refractivity contribution in [1.82, 2.24) is 14.9 Å². The third kappa shape index (κ3) is 4.14. The summed E-state index contributed by atoms with van der Waals surface area (Å²) in [6.07, 6.45) is 2.01. The molecule has 23 heavy (non-hydrogen) atoms. The Morgan fingerprint density at radius 1 is 1.04 bits per heavy atom. The van der Waals surface area contributed by atoms with Gasteiger partial charge in [0, 0.05) is 37.9 Å². The highest BCUT2D eigenvalue weighted by atomic mass is 32.2. The second-order valence-electron chi connectivity index (χ2n) is 5.88. The molecule has 1 fully saturated rings. The number of benzene rings is 1. The first-order valence-corrected chi connectivity index (χ1v) is 9.07. The van der Waals surface area contributed by atoms with Gasteiger partial charge in [-0.3, -0.25) is 0 Å². The number of nitrogens with one attached hydrogen (secondary N) is 1. The van der Waals surface area contributed by atoms with E-state index in [2.05, 4.69) is 63.3 Å². The van der Waals surface area contributed by atoms with E-state index >= 15 is 0 Å². The molecule has 1 aliphatic heterocycles. The van der Waals surface area contributed by atoms with Crippen molar-refractivity contribution >= 4 is 29.1 Å². The summed E-state index contributed by atoms with van der Waals surface area (Å²) in [5.74, 6) is 1.86. The molecule has 0 amide bonds. The summed E-state index contributed by atoms with van der Waals surface area (Å²) in [6, 6.07) is 10.4. The van der Waals surface area contributed by atoms with Gasteiger partial charge in [0.05, 0.1) is 0 Å². The summed E-state index contributed by atoms with van der Waals surface area (Å²) >= 11 is 1.58. The minimum absolute atomic E-state index is 0.802. The van der Waals surface area contributed by atoms with Crippen molar-refractivity contribution in [3.05, 3.63) is 35.9 Å². The van der Waals surface area contributed by atoms with Crippen LogP contribution in [0, 0.1) is 6.92 Å². The van der Waals surface area contributed by atoms with E-state index in [-0.39, 0.29) is 0 Å². The van der Waals surface area contributed by atoms with E-state index in [9.17, 15) is 0 Å². The predicted octanol–water partition coefficient (Wildman–Crippen LogP) is 3.00. The number of aromatic nitrogens is 2. The summed E-state index contributed by atoms with van der Waals surface area (Å²) in [5, 5.41) is 4.19. The molecule has 122 valence electrons. The Bertz CT molecular complexity index is 651. The van der Waals surface area contributed by atoms with E-state index in [0.717, 1.165) is 48.7 Å². The van der Waals surface area contributed by atoms with Crippen LogP contribution in [0.4, 0.5) is 17.3 Å². The topological polar surface area (TPSA) is 44.3 Å². The van der Waals surface area contributed by atoms with E-state index in [1.807, 2.05) is 12.3 Å². The first kappa shape index (κ1) is 16.1. The highest BCUT2D eigenvalue weighted by Crippen LogP contribution is 2.24. The van der Waals surface area contributed by atoms with Crippen molar-refractivity contribution in [3.63, 3.8) is 0 Å².